The summed E-state index contributed by atoms with van der Waals surface area (Å²) in [5.41, 5.74) is 3.28. The SMILES string of the molecule is CCOC(=O)Cc1ccc(-c2cccc(SN(C)C[C@H]3CO3)c2)cc1. The number of esters is 1. The molecule has 1 aliphatic rings. The van der Waals surface area contributed by atoms with Gasteiger partial charge in [0.05, 0.1) is 25.7 Å². The van der Waals surface area contributed by atoms with E-state index in [9.17, 15) is 4.79 Å². The average Bonchev–Trinajstić information content (AvgIpc) is 3.40. The van der Waals surface area contributed by atoms with Gasteiger partial charge in [-0.3, -0.25) is 4.79 Å². The quantitative estimate of drug-likeness (QED) is 0.408. The van der Waals surface area contributed by atoms with E-state index in [-0.39, 0.29) is 5.97 Å². The molecule has 0 saturated carbocycles. The Kier molecular flexibility index (Phi) is 6.13. The van der Waals surface area contributed by atoms with E-state index in [1.807, 2.05) is 19.1 Å². The lowest BCUT2D eigenvalue weighted by atomic mass is 10.0. The van der Waals surface area contributed by atoms with Crippen LogP contribution in [0.2, 0.25) is 0 Å². The minimum Gasteiger partial charge on any atom is -0.466 e. The topological polar surface area (TPSA) is 42.1 Å². The number of rotatable bonds is 8. The minimum atomic E-state index is -0.184. The highest BCUT2D eigenvalue weighted by Crippen LogP contribution is 2.28. The number of likely N-dealkylation sites (N-methyl/N-ethyl adjacent to an activating group) is 1. The molecule has 1 fully saturated rings. The lowest BCUT2D eigenvalue weighted by Gasteiger charge is -2.14. The van der Waals surface area contributed by atoms with Gasteiger partial charge in [-0.25, -0.2) is 4.31 Å². The van der Waals surface area contributed by atoms with Crippen LogP contribution in [-0.2, 0) is 20.7 Å². The first kappa shape index (κ1) is 18.0. The first-order valence-electron chi connectivity index (χ1n) is 8.49. The van der Waals surface area contributed by atoms with Crippen molar-refractivity contribution in [1.82, 2.24) is 4.31 Å². The van der Waals surface area contributed by atoms with Crippen LogP contribution in [0, 0.1) is 0 Å². The normalized spacial score (nSPS) is 16.0. The van der Waals surface area contributed by atoms with Gasteiger partial charge in [-0.15, -0.1) is 0 Å². The number of carbonyl (C=O) groups excluding carboxylic acids is 1. The predicted octanol–water partition coefficient (Wildman–Crippen LogP) is 3.80. The van der Waals surface area contributed by atoms with Crippen LogP contribution in [0.25, 0.3) is 11.1 Å². The summed E-state index contributed by atoms with van der Waals surface area (Å²) >= 11 is 1.73. The van der Waals surface area contributed by atoms with Gasteiger partial charge in [-0.1, -0.05) is 36.4 Å². The Morgan fingerprint density at radius 1 is 1.24 bits per heavy atom. The third-order valence-electron chi connectivity index (χ3n) is 3.90. The molecule has 5 heteroatoms. The third kappa shape index (κ3) is 5.59. The van der Waals surface area contributed by atoms with Gasteiger partial charge in [-0.2, -0.15) is 0 Å². The number of epoxide rings is 1. The van der Waals surface area contributed by atoms with Crippen LogP contribution in [0.1, 0.15) is 12.5 Å². The Bertz CT molecular complexity index is 713. The van der Waals surface area contributed by atoms with Crippen LogP contribution < -0.4 is 0 Å². The van der Waals surface area contributed by atoms with E-state index < -0.39 is 0 Å². The number of ether oxygens (including phenoxy) is 2. The summed E-state index contributed by atoms with van der Waals surface area (Å²) in [5, 5.41) is 0. The summed E-state index contributed by atoms with van der Waals surface area (Å²) in [6.07, 6.45) is 0.713. The van der Waals surface area contributed by atoms with Crippen molar-refractivity contribution in [2.45, 2.75) is 24.3 Å². The third-order valence-corrected chi connectivity index (χ3v) is 4.82. The monoisotopic (exact) mass is 357 g/mol. The second-order valence-electron chi connectivity index (χ2n) is 6.06. The van der Waals surface area contributed by atoms with Crippen LogP contribution in [0.3, 0.4) is 0 Å². The number of benzene rings is 2. The number of hydrogen-bond donors (Lipinski definition) is 0. The molecule has 0 spiro atoms. The van der Waals surface area contributed by atoms with Crippen LogP contribution in [-0.4, -0.2) is 43.2 Å². The van der Waals surface area contributed by atoms with Crippen molar-refractivity contribution >= 4 is 17.9 Å². The highest BCUT2D eigenvalue weighted by Gasteiger charge is 2.24. The van der Waals surface area contributed by atoms with E-state index in [0.717, 1.165) is 24.3 Å². The summed E-state index contributed by atoms with van der Waals surface area (Å²) in [7, 11) is 2.09. The van der Waals surface area contributed by atoms with Crippen LogP contribution in [0.4, 0.5) is 0 Å². The standard InChI is InChI=1S/C20H23NO3S/c1-3-23-20(22)11-15-7-9-16(10-8-15)17-5-4-6-19(12-17)25-21(2)13-18-14-24-18/h4-10,12,18H,3,11,13-14H2,1-2H3/t18-/m0/s1. The summed E-state index contributed by atoms with van der Waals surface area (Å²) < 4.78 is 12.5. The van der Waals surface area contributed by atoms with Gasteiger partial charge >= 0.3 is 5.97 Å². The molecule has 1 heterocycles. The lowest BCUT2D eigenvalue weighted by Crippen LogP contribution is -2.15. The summed E-state index contributed by atoms with van der Waals surface area (Å²) in [6, 6.07) is 16.6. The van der Waals surface area contributed by atoms with E-state index >= 15 is 0 Å². The zero-order valence-corrected chi connectivity index (χ0v) is 15.4. The van der Waals surface area contributed by atoms with Gasteiger partial charge in [0.15, 0.2) is 0 Å². The molecule has 0 N–H and O–H groups in total. The Hall–Kier alpha value is -1.82. The zero-order chi connectivity index (χ0) is 17.6. The molecule has 0 aromatic heterocycles. The molecule has 1 saturated heterocycles. The van der Waals surface area contributed by atoms with Crippen molar-refractivity contribution in [3.63, 3.8) is 0 Å². The molecule has 25 heavy (non-hydrogen) atoms. The van der Waals surface area contributed by atoms with Crippen molar-refractivity contribution < 1.29 is 14.3 Å². The highest BCUT2D eigenvalue weighted by atomic mass is 32.2. The van der Waals surface area contributed by atoms with E-state index in [4.69, 9.17) is 9.47 Å². The molecule has 0 amide bonds. The van der Waals surface area contributed by atoms with Crippen molar-refractivity contribution in [2.75, 3.05) is 26.8 Å². The molecule has 1 atom stereocenters. The molecule has 0 bridgehead atoms. The molecule has 4 nitrogen and oxygen atoms in total. The summed E-state index contributed by atoms with van der Waals surface area (Å²) in [5.74, 6) is -0.184. The number of nitrogens with zero attached hydrogens (tertiary/aromatic N) is 1. The summed E-state index contributed by atoms with van der Waals surface area (Å²) in [6.45, 7) is 4.06. The van der Waals surface area contributed by atoms with Gasteiger partial charge in [0.2, 0.25) is 0 Å². The van der Waals surface area contributed by atoms with Crippen molar-refractivity contribution in [2.24, 2.45) is 0 Å². The Balaban J connectivity index is 1.64. The van der Waals surface area contributed by atoms with E-state index in [1.54, 1.807) is 11.9 Å². The molecule has 3 rings (SSSR count). The Morgan fingerprint density at radius 2 is 2.00 bits per heavy atom. The second-order valence-corrected chi connectivity index (χ2v) is 7.34. The van der Waals surface area contributed by atoms with Crippen LogP contribution >= 0.6 is 11.9 Å². The zero-order valence-electron chi connectivity index (χ0n) is 14.6. The average molecular weight is 357 g/mol. The fourth-order valence-corrected chi connectivity index (χ4v) is 3.52. The van der Waals surface area contributed by atoms with Gasteiger partial charge in [-0.05, 0) is 54.7 Å². The maximum atomic E-state index is 11.6. The van der Waals surface area contributed by atoms with E-state index in [0.29, 0.717) is 19.1 Å². The van der Waals surface area contributed by atoms with Gasteiger partial charge < -0.3 is 9.47 Å². The van der Waals surface area contributed by atoms with Crippen LogP contribution in [0.15, 0.2) is 53.4 Å². The second kappa shape index (κ2) is 8.52. The molecule has 0 radical (unpaired) electrons. The van der Waals surface area contributed by atoms with Gasteiger partial charge in [0, 0.05) is 11.4 Å². The molecule has 1 aliphatic heterocycles. The maximum Gasteiger partial charge on any atom is 0.310 e. The van der Waals surface area contributed by atoms with Crippen LogP contribution in [0.5, 0.6) is 0 Å². The molecule has 0 unspecified atom stereocenters. The molecule has 2 aromatic carbocycles. The number of hydrogen-bond acceptors (Lipinski definition) is 5. The van der Waals surface area contributed by atoms with Gasteiger partial charge in [0.1, 0.15) is 0 Å². The van der Waals surface area contributed by atoms with E-state index in [2.05, 4.69) is 47.8 Å². The van der Waals surface area contributed by atoms with Crippen molar-refractivity contribution in [1.29, 1.82) is 0 Å². The fourth-order valence-electron chi connectivity index (χ4n) is 2.60. The predicted molar refractivity (Wildman–Crippen MR) is 100 cm³/mol. The lowest BCUT2D eigenvalue weighted by molar-refractivity contribution is -0.142. The van der Waals surface area contributed by atoms with Gasteiger partial charge in [0.25, 0.3) is 0 Å². The first-order chi connectivity index (χ1) is 12.1. The summed E-state index contributed by atoms with van der Waals surface area (Å²) in [4.78, 5) is 12.8. The van der Waals surface area contributed by atoms with E-state index in [1.165, 1.54) is 10.5 Å². The Morgan fingerprint density at radius 3 is 2.68 bits per heavy atom. The maximum absolute atomic E-state index is 11.6. The minimum absolute atomic E-state index is 0.184. The molecular weight excluding hydrogens is 334 g/mol. The highest BCUT2D eigenvalue weighted by molar-refractivity contribution is 7.97. The first-order valence-corrected chi connectivity index (χ1v) is 9.27. The molecular formula is C20H23NO3S. The van der Waals surface area contributed by atoms with Crippen molar-refractivity contribution in [3.05, 3.63) is 54.1 Å². The molecule has 0 aliphatic carbocycles. The largest absolute Gasteiger partial charge is 0.466 e. The molecule has 132 valence electrons. The number of carbonyl (C=O) groups is 1. The van der Waals surface area contributed by atoms with Crippen molar-refractivity contribution in [3.8, 4) is 11.1 Å². The Labute approximate surface area is 153 Å². The smallest absolute Gasteiger partial charge is 0.310 e. The molecule has 2 aromatic rings. The fraction of sp³-hybridized carbons (Fsp3) is 0.350.